The van der Waals surface area contributed by atoms with Gasteiger partial charge in [0.1, 0.15) is 10.7 Å². The van der Waals surface area contributed by atoms with Crippen molar-refractivity contribution in [1.82, 2.24) is 14.6 Å². The molecule has 1 aliphatic carbocycles. The van der Waals surface area contributed by atoms with Crippen molar-refractivity contribution in [3.63, 3.8) is 0 Å². The van der Waals surface area contributed by atoms with Crippen molar-refractivity contribution >= 4 is 22.6 Å². The maximum absolute atomic E-state index is 10.9. The van der Waals surface area contributed by atoms with Crippen molar-refractivity contribution < 1.29 is 4.79 Å². The summed E-state index contributed by atoms with van der Waals surface area (Å²) in [6.07, 6.45) is 11.6. The Morgan fingerprint density at radius 2 is 2.20 bits per heavy atom. The molecule has 0 spiro atoms. The molecule has 1 fully saturated rings. The van der Waals surface area contributed by atoms with E-state index in [2.05, 4.69) is 17.0 Å². The van der Waals surface area contributed by atoms with Crippen LogP contribution < -0.4 is 0 Å². The van der Waals surface area contributed by atoms with Gasteiger partial charge in [-0.1, -0.05) is 37.5 Å². The number of hydrogen-bond donors (Lipinski definition) is 0. The number of imidazole rings is 1. The van der Waals surface area contributed by atoms with Gasteiger partial charge in [-0.3, -0.25) is 4.79 Å². The Morgan fingerprint density at radius 3 is 2.90 bits per heavy atom. The number of unbranched alkanes of at least 4 members (excludes halogenated alkanes) is 1. The van der Waals surface area contributed by atoms with Crippen LogP contribution in [0.4, 0.5) is 0 Å². The lowest BCUT2D eigenvalue weighted by Crippen LogP contribution is -2.13. The van der Waals surface area contributed by atoms with Crippen molar-refractivity contribution in [1.29, 1.82) is 0 Å². The van der Waals surface area contributed by atoms with Crippen molar-refractivity contribution in [2.75, 3.05) is 0 Å². The van der Waals surface area contributed by atoms with Crippen molar-refractivity contribution in [3.05, 3.63) is 16.9 Å². The van der Waals surface area contributed by atoms with Crippen LogP contribution in [0.15, 0.2) is 6.20 Å². The van der Waals surface area contributed by atoms with Crippen molar-refractivity contribution in [2.24, 2.45) is 5.92 Å². The highest BCUT2D eigenvalue weighted by atomic mass is 32.1. The molecule has 0 unspecified atom stereocenters. The second-order valence-corrected chi connectivity index (χ2v) is 6.78. The summed E-state index contributed by atoms with van der Waals surface area (Å²) in [5.74, 6) is 1.49. The number of aromatic nitrogens is 3. The van der Waals surface area contributed by atoms with Crippen LogP contribution in [0, 0.1) is 5.92 Å². The van der Waals surface area contributed by atoms with E-state index < -0.39 is 0 Å². The monoisotopic (exact) mass is 291 g/mol. The SMILES string of the molecule is CCCCC1CCC(c2nn3c(C=O)cnc3s2)CC1. The summed E-state index contributed by atoms with van der Waals surface area (Å²) in [6.45, 7) is 2.27. The predicted octanol–water partition coefficient (Wildman–Crippen LogP) is 4.07. The molecule has 0 bridgehead atoms. The Balaban J connectivity index is 1.67. The van der Waals surface area contributed by atoms with E-state index in [1.807, 2.05) is 0 Å². The molecule has 0 aliphatic heterocycles. The molecule has 108 valence electrons. The van der Waals surface area contributed by atoms with E-state index in [9.17, 15) is 4.79 Å². The Morgan fingerprint density at radius 1 is 1.40 bits per heavy atom. The normalized spacial score (nSPS) is 23.2. The number of hydrogen-bond acceptors (Lipinski definition) is 4. The number of nitrogens with zero attached hydrogens (tertiary/aromatic N) is 3. The lowest BCUT2D eigenvalue weighted by Gasteiger charge is -2.26. The number of fused-ring (bicyclic) bond motifs is 1. The third-order valence-electron chi connectivity index (χ3n) is 4.41. The minimum Gasteiger partial charge on any atom is -0.296 e. The zero-order valence-corrected chi connectivity index (χ0v) is 12.7. The highest BCUT2D eigenvalue weighted by molar-refractivity contribution is 7.16. The van der Waals surface area contributed by atoms with E-state index in [1.54, 1.807) is 22.0 Å². The van der Waals surface area contributed by atoms with Crippen LogP contribution in [-0.4, -0.2) is 20.9 Å². The fourth-order valence-corrected chi connectivity index (χ4v) is 4.21. The van der Waals surface area contributed by atoms with Gasteiger partial charge in [-0.15, -0.1) is 0 Å². The number of aldehydes is 1. The highest BCUT2D eigenvalue weighted by Gasteiger charge is 2.25. The zero-order valence-electron chi connectivity index (χ0n) is 11.9. The van der Waals surface area contributed by atoms with Crippen LogP contribution in [0.25, 0.3) is 4.96 Å². The highest BCUT2D eigenvalue weighted by Crippen LogP contribution is 2.39. The minimum atomic E-state index is 0.555. The summed E-state index contributed by atoms with van der Waals surface area (Å²) in [7, 11) is 0. The van der Waals surface area contributed by atoms with Gasteiger partial charge in [0.15, 0.2) is 6.29 Å². The van der Waals surface area contributed by atoms with Gasteiger partial charge in [0, 0.05) is 5.92 Å². The van der Waals surface area contributed by atoms with Crippen molar-refractivity contribution in [2.45, 2.75) is 57.8 Å². The smallest absolute Gasteiger partial charge is 0.212 e. The molecular weight excluding hydrogens is 270 g/mol. The van der Waals surface area contributed by atoms with Crippen LogP contribution >= 0.6 is 11.3 Å². The third-order valence-corrected chi connectivity index (χ3v) is 5.50. The molecule has 1 aliphatic rings. The first-order valence-electron chi connectivity index (χ1n) is 7.61. The van der Waals surface area contributed by atoms with E-state index in [-0.39, 0.29) is 0 Å². The molecule has 3 rings (SSSR count). The average molecular weight is 291 g/mol. The first kappa shape index (κ1) is 13.7. The predicted molar refractivity (Wildman–Crippen MR) is 80.5 cm³/mol. The lowest BCUT2D eigenvalue weighted by molar-refractivity contribution is 0.111. The molecule has 2 aromatic rings. The molecule has 2 aromatic heterocycles. The van der Waals surface area contributed by atoms with Crippen LogP contribution in [0.5, 0.6) is 0 Å². The molecule has 0 radical (unpaired) electrons. The van der Waals surface area contributed by atoms with E-state index in [1.165, 1.54) is 44.9 Å². The number of carbonyl (C=O) groups is 1. The fourth-order valence-electron chi connectivity index (χ4n) is 3.16. The largest absolute Gasteiger partial charge is 0.296 e. The molecule has 0 N–H and O–H groups in total. The second kappa shape index (κ2) is 6.04. The molecular formula is C15H21N3OS. The fraction of sp³-hybridized carbons (Fsp3) is 0.667. The van der Waals surface area contributed by atoms with Gasteiger partial charge < -0.3 is 0 Å². The van der Waals surface area contributed by atoms with Gasteiger partial charge >= 0.3 is 0 Å². The van der Waals surface area contributed by atoms with Gasteiger partial charge in [-0.25, -0.2) is 9.50 Å². The molecule has 1 saturated carbocycles. The van der Waals surface area contributed by atoms with E-state index in [4.69, 9.17) is 0 Å². The molecule has 0 aromatic carbocycles. The van der Waals surface area contributed by atoms with Gasteiger partial charge in [0.05, 0.1) is 6.20 Å². The summed E-state index contributed by atoms with van der Waals surface area (Å²) >= 11 is 1.64. The first-order chi connectivity index (χ1) is 9.81. The average Bonchev–Trinajstić information content (AvgIpc) is 3.05. The molecule has 0 amide bonds. The molecule has 0 atom stereocenters. The van der Waals surface area contributed by atoms with Gasteiger partial charge in [0.2, 0.25) is 4.96 Å². The zero-order chi connectivity index (χ0) is 13.9. The van der Waals surface area contributed by atoms with Gasteiger partial charge in [-0.2, -0.15) is 5.10 Å². The summed E-state index contributed by atoms with van der Waals surface area (Å²) in [5.41, 5.74) is 0.555. The maximum Gasteiger partial charge on any atom is 0.212 e. The topological polar surface area (TPSA) is 47.3 Å². The van der Waals surface area contributed by atoms with Crippen LogP contribution in [0.3, 0.4) is 0 Å². The Hall–Kier alpha value is -1.23. The van der Waals surface area contributed by atoms with E-state index in [0.717, 1.165) is 22.2 Å². The number of carbonyl (C=O) groups excluding carboxylic acids is 1. The molecule has 20 heavy (non-hydrogen) atoms. The third kappa shape index (κ3) is 2.64. The number of rotatable bonds is 5. The Labute approximate surface area is 123 Å². The summed E-state index contributed by atoms with van der Waals surface area (Å²) in [5, 5.41) is 5.75. The Bertz CT molecular complexity index is 581. The maximum atomic E-state index is 10.9. The Kier molecular flexibility index (Phi) is 4.15. The van der Waals surface area contributed by atoms with Crippen LogP contribution in [-0.2, 0) is 0 Å². The van der Waals surface area contributed by atoms with Gasteiger partial charge in [0.25, 0.3) is 0 Å². The molecule has 4 nitrogen and oxygen atoms in total. The van der Waals surface area contributed by atoms with E-state index >= 15 is 0 Å². The van der Waals surface area contributed by atoms with Crippen LogP contribution in [0.2, 0.25) is 0 Å². The quantitative estimate of drug-likeness (QED) is 0.780. The summed E-state index contributed by atoms with van der Waals surface area (Å²) in [4.78, 5) is 16.0. The lowest BCUT2D eigenvalue weighted by atomic mass is 9.80. The summed E-state index contributed by atoms with van der Waals surface area (Å²) in [6, 6.07) is 0. The molecule has 2 heterocycles. The standard InChI is InChI=1S/C15H21N3OS/c1-2-3-4-11-5-7-12(8-6-11)14-17-18-13(10-19)9-16-15(18)20-14/h9-12H,2-8H2,1H3. The minimum absolute atomic E-state index is 0.555. The molecule has 5 heteroatoms. The van der Waals surface area contributed by atoms with Crippen LogP contribution in [0.1, 0.15) is 73.3 Å². The van der Waals surface area contributed by atoms with E-state index in [0.29, 0.717) is 11.6 Å². The summed E-state index contributed by atoms with van der Waals surface area (Å²) < 4.78 is 1.69. The molecule has 0 saturated heterocycles. The first-order valence-corrected chi connectivity index (χ1v) is 8.43. The van der Waals surface area contributed by atoms with Gasteiger partial charge in [-0.05, 0) is 31.6 Å². The van der Waals surface area contributed by atoms with Crippen molar-refractivity contribution in [3.8, 4) is 0 Å². The second-order valence-electron chi connectivity index (χ2n) is 5.80.